The minimum absolute atomic E-state index is 0.119. The van der Waals surface area contributed by atoms with E-state index in [2.05, 4.69) is 27.2 Å². The third kappa shape index (κ3) is 2.41. The molecular weight excluding hydrogens is 282 g/mol. The van der Waals surface area contributed by atoms with Crippen LogP contribution < -0.4 is 5.32 Å². The number of amides is 1. The minimum atomic E-state index is -0.211. The number of hydrogen-bond acceptors (Lipinski definition) is 5. The number of piperidine rings is 1. The highest BCUT2D eigenvalue weighted by atomic mass is 16.6. The summed E-state index contributed by atoms with van der Waals surface area (Å²) in [6.07, 6.45) is 5.20. The second-order valence-electron chi connectivity index (χ2n) is 6.04. The number of nitrogens with one attached hydrogen (secondary N) is 2. The molecule has 2 fully saturated rings. The van der Waals surface area contributed by atoms with E-state index in [1.807, 2.05) is 17.2 Å². The molecule has 4 heterocycles. The number of fused-ring (bicyclic) bond motifs is 1. The molecule has 0 bridgehead atoms. The molecule has 0 aliphatic carbocycles. The lowest BCUT2D eigenvalue weighted by molar-refractivity contribution is -0.135. The molecule has 7 heteroatoms. The van der Waals surface area contributed by atoms with Gasteiger partial charge >= 0.3 is 0 Å². The van der Waals surface area contributed by atoms with E-state index in [0.717, 1.165) is 29.7 Å². The molecule has 4 rings (SSSR count). The molecule has 7 nitrogen and oxygen atoms in total. The van der Waals surface area contributed by atoms with Crippen LogP contribution in [0.15, 0.2) is 18.6 Å². The highest BCUT2D eigenvalue weighted by Crippen LogP contribution is 2.25. The molecule has 2 aromatic rings. The Morgan fingerprint density at radius 2 is 2.32 bits per heavy atom. The van der Waals surface area contributed by atoms with E-state index in [9.17, 15) is 4.79 Å². The molecular formula is C15H19N5O2. The van der Waals surface area contributed by atoms with Crippen molar-refractivity contribution >= 4 is 22.8 Å². The van der Waals surface area contributed by atoms with Crippen molar-refractivity contribution in [3.05, 3.63) is 18.6 Å². The molecule has 116 valence electrons. The van der Waals surface area contributed by atoms with Crippen LogP contribution in [0.25, 0.3) is 11.0 Å². The number of carbonyl (C=O) groups excluding carboxylic acids is 1. The van der Waals surface area contributed by atoms with Gasteiger partial charge in [-0.3, -0.25) is 4.79 Å². The highest BCUT2D eigenvalue weighted by molar-refractivity contribution is 5.87. The van der Waals surface area contributed by atoms with Gasteiger partial charge in [-0.15, -0.1) is 0 Å². The predicted octanol–water partition coefficient (Wildman–Crippen LogP) is 1.15. The fourth-order valence-corrected chi connectivity index (χ4v) is 3.09. The average Bonchev–Trinajstić information content (AvgIpc) is 3.26. The normalized spacial score (nSPS) is 27.9. The number of carbonyl (C=O) groups is 1. The van der Waals surface area contributed by atoms with Gasteiger partial charge < -0.3 is 19.9 Å². The summed E-state index contributed by atoms with van der Waals surface area (Å²) in [6, 6.07) is 2.43. The SMILES string of the molecule is C[C@H]1CC[C@@H](Nc2ncnc3[nH]ccc23)CN1C(=O)[C@H]1CO1. The maximum absolute atomic E-state index is 12.3. The van der Waals surface area contributed by atoms with E-state index in [4.69, 9.17) is 4.74 Å². The van der Waals surface area contributed by atoms with Crippen molar-refractivity contribution in [2.75, 3.05) is 18.5 Å². The lowest BCUT2D eigenvalue weighted by atomic mass is 9.99. The zero-order valence-electron chi connectivity index (χ0n) is 12.5. The molecule has 2 aliphatic rings. The minimum Gasteiger partial charge on any atom is -0.365 e. The second-order valence-corrected chi connectivity index (χ2v) is 6.04. The van der Waals surface area contributed by atoms with Gasteiger partial charge in [-0.05, 0) is 25.8 Å². The monoisotopic (exact) mass is 301 g/mol. The quantitative estimate of drug-likeness (QED) is 0.831. The molecule has 1 amide bonds. The standard InChI is InChI=1S/C15H19N5O2/c1-9-2-3-10(6-20(9)15(21)12-7-22-12)19-14-11-4-5-16-13(11)17-8-18-14/h4-5,8-10,12H,2-3,6-7H2,1H3,(H2,16,17,18,19)/t9-,10+,12+/m0/s1. The molecule has 0 radical (unpaired) electrons. The van der Waals surface area contributed by atoms with Crippen LogP contribution in [-0.2, 0) is 9.53 Å². The van der Waals surface area contributed by atoms with Crippen LogP contribution in [0.1, 0.15) is 19.8 Å². The lowest BCUT2D eigenvalue weighted by Crippen LogP contribution is -2.51. The van der Waals surface area contributed by atoms with Gasteiger partial charge in [0.15, 0.2) is 6.10 Å². The first kappa shape index (κ1) is 13.5. The Morgan fingerprint density at radius 3 is 3.14 bits per heavy atom. The third-order valence-corrected chi connectivity index (χ3v) is 4.47. The van der Waals surface area contributed by atoms with Gasteiger partial charge in [0.1, 0.15) is 17.8 Å². The van der Waals surface area contributed by atoms with Gasteiger partial charge in [-0.25, -0.2) is 9.97 Å². The maximum Gasteiger partial charge on any atom is 0.254 e. The summed E-state index contributed by atoms with van der Waals surface area (Å²) in [5.74, 6) is 0.939. The number of rotatable bonds is 3. The first-order chi connectivity index (χ1) is 10.7. The van der Waals surface area contributed by atoms with E-state index >= 15 is 0 Å². The average molecular weight is 301 g/mol. The van der Waals surface area contributed by atoms with E-state index in [0.29, 0.717) is 13.2 Å². The Hall–Kier alpha value is -2.15. The van der Waals surface area contributed by atoms with Crippen molar-refractivity contribution in [1.29, 1.82) is 0 Å². The smallest absolute Gasteiger partial charge is 0.254 e. The first-order valence-corrected chi connectivity index (χ1v) is 7.69. The molecule has 0 spiro atoms. The predicted molar refractivity (Wildman–Crippen MR) is 81.4 cm³/mol. The van der Waals surface area contributed by atoms with Crippen molar-refractivity contribution in [2.45, 2.75) is 38.0 Å². The second kappa shape index (κ2) is 5.24. The molecule has 2 saturated heterocycles. The number of hydrogen-bond donors (Lipinski definition) is 2. The number of H-pyrrole nitrogens is 1. The first-order valence-electron chi connectivity index (χ1n) is 7.69. The number of ether oxygens (including phenoxy) is 1. The molecule has 2 aliphatic heterocycles. The molecule has 22 heavy (non-hydrogen) atoms. The van der Waals surface area contributed by atoms with Crippen LogP contribution in [0.5, 0.6) is 0 Å². The zero-order valence-corrected chi connectivity index (χ0v) is 12.5. The molecule has 0 unspecified atom stereocenters. The number of aromatic amines is 1. The number of anilines is 1. The molecule has 2 N–H and O–H groups in total. The number of aromatic nitrogens is 3. The Balaban J connectivity index is 1.50. The summed E-state index contributed by atoms with van der Waals surface area (Å²) in [7, 11) is 0. The molecule has 0 saturated carbocycles. The van der Waals surface area contributed by atoms with Gasteiger partial charge in [-0.2, -0.15) is 0 Å². The molecule has 3 atom stereocenters. The highest BCUT2D eigenvalue weighted by Gasteiger charge is 2.39. The number of epoxide rings is 1. The summed E-state index contributed by atoms with van der Waals surface area (Å²) in [5, 5.41) is 4.45. The topological polar surface area (TPSA) is 86.4 Å². The summed E-state index contributed by atoms with van der Waals surface area (Å²) >= 11 is 0. The Kier molecular flexibility index (Phi) is 3.22. The van der Waals surface area contributed by atoms with Crippen molar-refractivity contribution in [3.8, 4) is 0 Å². The van der Waals surface area contributed by atoms with Crippen LogP contribution in [-0.4, -0.2) is 57.1 Å². The van der Waals surface area contributed by atoms with Gasteiger partial charge in [-0.1, -0.05) is 0 Å². The maximum atomic E-state index is 12.3. The van der Waals surface area contributed by atoms with E-state index in [1.54, 1.807) is 6.33 Å². The van der Waals surface area contributed by atoms with Crippen molar-refractivity contribution < 1.29 is 9.53 Å². The Labute approximate surface area is 128 Å². The van der Waals surface area contributed by atoms with Crippen LogP contribution >= 0.6 is 0 Å². The van der Waals surface area contributed by atoms with E-state index in [-0.39, 0.29) is 24.1 Å². The van der Waals surface area contributed by atoms with Crippen LogP contribution in [0.4, 0.5) is 5.82 Å². The summed E-state index contributed by atoms with van der Waals surface area (Å²) in [5.41, 5.74) is 0.820. The van der Waals surface area contributed by atoms with E-state index < -0.39 is 0 Å². The fraction of sp³-hybridized carbons (Fsp3) is 0.533. The van der Waals surface area contributed by atoms with Crippen LogP contribution in [0, 0.1) is 0 Å². The summed E-state index contributed by atoms with van der Waals surface area (Å²) < 4.78 is 5.14. The Bertz CT molecular complexity index is 696. The Morgan fingerprint density at radius 1 is 1.45 bits per heavy atom. The number of likely N-dealkylation sites (tertiary alicyclic amines) is 1. The van der Waals surface area contributed by atoms with Crippen LogP contribution in [0.3, 0.4) is 0 Å². The third-order valence-electron chi connectivity index (χ3n) is 4.47. The van der Waals surface area contributed by atoms with Gasteiger partial charge in [0.05, 0.1) is 12.0 Å². The van der Waals surface area contributed by atoms with Crippen LogP contribution in [0.2, 0.25) is 0 Å². The van der Waals surface area contributed by atoms with E-state index in [1.165, 1.54) is 0 Å². The largest absolute Gasteiger partial charge is 0.365 e. The molecule has 2 aromatic heterocycles. The summed E-state index contributed by atoms with van der Waals surface area (Å²) in [4.78, 5) is 25.8. The lowest BCUT2D eigenvalue weighted by Gasteiger charge is -2.38. The van der Waals surface area contributed by atoms with Gasteiger partial charge in [0, 0.05) is 24.8 Å². The van der Waals surface area contributed by atoms with Crippen molar-refractivity contribution in [1.82, 2.24) is 19.9 Å². The van der Waals surface area contributed by atoms with Crippen molar-refractivity contribution in [3.63, 3.8) is 0 Å². The van der Waals surface area contributed by atoms with Crippen molar-refractivity contribution in [2.24, 2.45) is 0 Å². The zero-order chi connectivity index (χ0) is 15.1. The molecule has 0 aromatic carbocycles. The van der Waals surface area contributed by atoms with Gasteiger partial charge in [0.25, 0.3) is 5.91 Å². The van der Waals surface area contributed by atoms with Gasteiger partial charge in [0.2, 0.25) is 0 Å². The number of nitrogens with zero attached hydrogens (tertiary/aromatic N) is 3. The fourth-order valence-electron chi connectivity index (χ4n) is 3.09. The summed E-state index contributed by atoms with van der Waals surface area (Å²) in [6.45, 7) is 3.36.